The number of hydrogen-bond donors (Lipinski definition) is 20. The van der Waals surface area contributed by atoms with Crippen molar-refractivity contribution in [2.45, 2.75) is 328 Å². The van der Waals surface area contributed by atoms with Gasteiger partial charge in [-0.3, -0.25) is 4.79 Å². The lowest BCUT2D eigenvalue weighted by molar-refractivity contribution is -0.391. The van der Waals surface area contributed by atoms with Crippen LogP contribution in [0.25, 0.3) is 0 Å². The van der Waals surface area contributed by atoms with Crippen LogP contribution in [0.2, 0.25) is 0 Å². The second kappa shape index (κ2) is 31.4. The van der Waals surface area contributed by atoms with Crippen molar-refractivity contribution in [1.82, 2.24) is 0 Å². The monoisotopic (exact) mass is 1540 g/mol. The second-order valence-electron chi connectivity index (χ2n) is 33.6. The maximum absolute atomic E-state index is 16.0. The number of ether oxygens (including phenoxy) is 14. The largest absolute Gasteiger partial charge is 0.479 e. The summed E-state index contributed by atoms with van der Waals surface area (Å²) in [5.41, 5.74) is -5.10. The van der Waals surface area contributed by atoms with Crippen LogP contribution in [0.15, 0.2) is 11.6 Å². The van der Waals surface area contributed by atoms with Gasteiger partial charge in [0.2, 0.25) is 6.29 Å². The van der Waals surface area contributed by atoms with Crippen molar-refractivity contribution in [3.8, 4) is 0 Å². The Labute approximate surface area is 615 Å². The fourth-order valence-corrected chi connectivity index (χ4v) is 20.3. The molecule has 0 radical (unpaired) electrons. The normalized spacial score (nSPS) is 55.0. The number of aldehydes is 1. The lowest BCUT2D eigenvalue weighted by atomic mass is 9.33. The SMILES string of the molecule is CC1OC(O[C@@H]2[C@H](O)[C@@H](OC3OC(CO)C(O)C(O)C3O)[C@H](OC(=O)[C@]34CCC(C)(C)C[C@H]3C3=CCC5[C@@]6(C)CC[C@H](O[C@@H]7O[C@H](C(=O)O)[C@@H](O)[C@H](O[C@@H]8OC[C@@H](O)[C@H](O)[C@H]8O)[C@H]7O[C@@H]7O[C@H](CO)[C@H](O)[C@H](O)[C@H]7O)[C@@](C)(C=O)C6CC[C@@]5(C)[C@]3(C)C[C@H]4O)O[C@@H]2C)C(O)C(O)C1OC1OCC(O)C(O)C1O. The number of carboxylic acids is 1. The van der Waals surface area contributed by atoms with Gasteiger partial charge in [0.15, 0.2) is 49.9 Å². The third kappa shape index (κ3) is 14.3. The Morgan fingerprint density at radius 1 is 0.486 bits per heavy atom. The van der Waals surface area contributed by atoms with Gasteiger partial charge in [0, 0.05) is 0 Å². The number of fused-ring (bicyclic) bond motifs is 7. The zero-order valence-electron chi connectivity index (χ0n) is 60.7. The summed E-state index contributed by atoms with van der Waals surface area (Å²) in [5.74, 6) is -4.23. The Morgan fingerprint density at radius 2 is 0.981 bits per heavy atom. The summed E-state index contributed by atoms with van der Waals surface area (Å²) in [6, 6.07) is 0. The van der Waals surface area contributed by atoms with Gasteiger partial charge >= 0.3 is 11.9 Å². The van der Waals surface area contributed by atoms with Crippen LogP contribution in [-0.2, 0) is 80.7 Å². The van der Waals surface area contributed by atoms with Crippen molar-refractivity contribution in [3.63, 3.8) is 0 Å². The molecule has 0 aromatic rings. The molecule has 12 rings (SSSR count). The van der Waals surface area contributed by atoms with Crippen LogP contribution < -0.4 is 0 Å². The second-order valence-corrected chi connectivity index (χ2v) is 33.6. The maximum Gasteiger partial charge on any atom is 0.335 e. The first-order valence-corrected chi connectivity index (χ1v) is 37.0. The van der Waals surface area contributed by atoms with Crippen molar-refractivity contribution in [3.05, 3.63) is 11.6 Å². The molecule has 0 spiro atoms. The molecule has 0 aromatic carbocycles. The van der Waals surface area contributed by atoms with Gasteiger partial charge in [-0.1, -0.05) is 53.2 Å². The summed E-state index contributed by atoms with van der Waals surface area (Å²) >= 11 is 0. The van der Waals surface area contributed by atoms with Crippen molar-refractivity contribution >= 4 is 18.2 Å². The van der Waals surface area contributed by atoms with E-state index in [0.29, 0.717) is 38.5 Å². The number of allylic oxidation sites excluding steroid dienone is 2. The molecule has 43 atom stereocenters. The van der Waals surface area contributed by atoms with E-state index in [0.717, 1.165) is 11.9 Å². The summed E-state index contributed by atoms with van der Waals surface area (Å²) in [7, 11) is 0. The summed E-state index contributed by atoms with van der Waals surface area (Å²) in [4.78, 5) is 43.3. The Morgan fingerprint density at radius 3 is 1.53 bits per heavy atom. The van der Waals surface area contributed by atoms with Gasteiger partial charge in [0.05, 0.1) is 56.3 Å². The quantitative estimate of drug-likeness (QED) is 0.0262. The predicted molar refractivity (Wildman–Crippen MR) is 348 cm³/mol. The van der Waals surface area contributed by atoms with Gasteiger partial charge < -0.3 is 173 Å². The van der Waals surface area contributed by atoms with Crippen molar-refractivity contribution in [1.29, 1.82) is 0 Å². The Bertz CT molecular complexity index is 3130. The molecular weight excluding hydrogens is 1430 g/mol. The van der Waals surface area contributed by atoms with E-state index in [-0.39, 0.29) is 25.2 Å². The Kier molecular flexibility index (Phi) is 24.5. The van der Waals surface area contributed by atoms with Crippen LogP contribution >= 0.6 is 0 Å². The third-order valence-corrected chi connectivity index (χ3v) is 26.8. The number of rotatable bonds is 18. The van der Waals surface area contributed by atoms with E-state index in [4.69, 9.17) is 66.3 Å². The molecule has 612 valence electrons. The van der Waals surface area contributed by atoms with Crippen LogP contribution in [0.3, 0.4) is 0 Å². The molecule has 7 aliphatic heterocycles. The van der Waals surface area contributed by atoms with E-state index in [9.17, 15) is 112 Å². The molecule has 4 saturated carbocycles. The minimum absolute atomic E-state index is 0.00304. The molecule has 11 fully saturated rings. The van der Waals surface area contributed by atoms with E-state index in [1.54, 1.807) is 6.92 Å². The first-order valence-electron chi connectivity index (χ1n) is 37.0. The minimum Gasteiger partial charge on any atom is -0.479 e. The number of aliphatic hydroxyl groups is 19. The predicted octanol–water partition coefficient (Wildman–Crippen LogP) is -6.99. The molecule has 5 aliphatic carbocycles. The molecule has 37 nitrogen and oxygen atoms in total. The third-order valence-electron chi connectivity index (χ3n) is 26.8. The van der Waals surface area contributed by atoms with Gasteiger partial charge in [-0.15, -0.1) is 0 Å². The average Bonchev–Trinajstić information content (AvgIpc) is 0.670. The van der Waals surface area contributed by atoms with Gasteiger partial charge in [-0.25, -0.2) is 4.79 Å². The fraction of sp³-hybridized carbons (Fsp3) is 0.929. The molecule has 12 aliphatic rings. The Hall–Kier alpha value is -2.93. The molecule has 0 aromatic heterocycles. The molecule has 0 amide bonds. The standard InChI is InChI=1S/C70H110O37/c1-24-50(101-57-43(84)36(77)28(74)21-94-57)42(83)47(88)59(96-24)102-51-25(2)97-62(54(48(51)89)105-60-45(86)40(81)38(79)30(19-71)98-60)107-64(93)70-16-15-65(3,4)17-27(70)26-9-10-33-66(5)13-12-35(67(6,23-73)32(66)11-14-68(33,7)69(26,8)18-34(70)76)100-63-55(106-61-46(87)41(82)39(80)31(20-72)99-61)52(49(90)53(104-63)56(91)92)103-58-44(85)37(78)29(75)22-95-58/h9,23-25,27-55,57-63,71-72,74-90H,10-22H2,1-8H3,(H,91,92)/t24?,25-,27+,28?,29-,30?,31-,32?,33?,34-,35+,36?,37+,38?,39+,40?,41+,42?,43?,44-,45?,46-,47?,48+,49+,50?,51+,52+,53+,54-,55-,57?,58+,59?,60?,61+,62+,63-,66+,67+,68-,69-,70-/m1/s1. The van der Waals surface area contributed by atoms with Gasteiger partial charge in [-0.05, 0) is 111 Å². The van der Waals surface area contributed by atoms with Crippen LogP contribution in [0, 0.1) is 50.2 Å². The first kappa shape index (κ1) is 83.5. The van der Waals surface area contributed by atoms with E-state index in [2.05, 4.69) is 26.8 Å². The van der Waals surface area contributed by atoms with E-state index in [1.807, 2.05) is 13.8 Å². The topological polar surface area (TPSA) is 585 Å². The number of aliphatic carboxylic acids is 1. The first-order chi connectivity index (χ1) is 50.2. The zero-order chi connectivity index (χ0) is 78.2. The number of esters is 1. The number of aliphatic hydroxyl groups excluding tert-OH is 19. The maximum atomic E-state index is 16.0. The fourth-order valence-electron chi connectivity index (χ4n) is 20.3. The van der Waals surface area contributed by atoms with E-state index < -0.39 is 298 Å². The van der Waals surface area contributed by atoms with Gasteiger partial charge in [-0.2, -0.15) is 0 Å². The molecule has 37 heteroatoms. The summed E-state index contributed by atoms with van der Waals surface area (Å²) < 4.78 is 84.3. The highest BCUT2D eigenvalue weighted by Gasteiger charge is 2.73. The van der Waals surface area contributed by atoms with E-state index in [1.165, 1.54) is 13.8 Å². The van der Waals surface area contributed by atoms with Crippen molar-refractivity contribution < 1.29 is 183 Å². The number of carbonyl (C=O) groups excluding carboxylic acids is 2. The summed E-state index contributed by atoms with van der Waals surface area (Å²) in [5, 5.41) is 220. The molecule has 7 heterocycles. The van der Waals surface area contributed by atoms with Crippen molar-refractivity contribution in [2.75, 3.05) is 26.4 Å². The highest BCUT2D eigenvalue weighted by atomic mass is 16.8. The van der Waals surface area contributed by atoms with Crippen LogP contribution in [0.4, 0.5) is 0 Å². The molecule has 0 bridgehead atoms. The van der Waals surface area contributed by atoms with Crippen LogP contribution in [0.5, 0.6) is 0 Å². The average molecular weight is 1540 g/mol. The molecule has 20 N–H and O–H groups in total. The summed E-state index contributed by atoms with van der Waals surface area (Å²) in [6.45, 7) is 12.1. The summed E-state index contributed by atoms with van der Waals surface area (Å²) in [6.07, 6.45) is -57.8. The number of carbonyl (C=O) groups is 3. The number of carboxylic acid groups (broad SMARTS) is 1. The number of hydrogen-bond acceptors (Lipinski definition) is 36. The highest BCUT2D eigenvalue weighted by Crippen LogP contribution is 2.76. The lowest BCUT2D eigenvalue weighted by Crippen LogP contribution is -2.69. The van der Waals surface area contributed by atoms with Crippen LogP contribution in [0.1, 0.15) is 113 Å². The van der Waals surface area contributed by atoms with Gasteiger partial charge in [0.25, 0.3) is 0 Å². The van der Waals surface area contributed by atoms with Crippen molar-refractivity contribution in [2.24, 2.45) is 50.2 Å². The smallest absolute Gasteiger partial charge is 0.335 e. The molecule has 107 heavy (non-hydrogen) atoms. The lowest BCUT2D eigenvalue weighted by Gasteiger charge is -2.71. The molecule has 7 saturated heterocycles. The zero-order valence-corrected chi connectivity index (χ0v) is 60.7. The molecule has 16 unspecified atom stereocenters. The molecular formula is C70H110O37. The minimum atomic E-state index is -2.23. The highest BCUT2D eigenvalue weighted by molar-refractivity contribution is 5.80. The van der Waals surface area contributed by atoms with Crippen LogP contribution in [-0.4, -0.2) is 362 Å². The Balaban J connectivity index is 0.815. The van der Waals surface area contributed by atoms with Gasteiger partial charge in [0.1, 0.15) is 146 Å². The van der Waals surface area contributed by atoms with E-state index >= 15 is 4.79 Å².